The Kier molecular flexibility index (Phi) is 4.26. The van der Waals surface area contributed by atoms with Crippen LogP contribution in [-0.2, 0) is 6.54 Å². The average molecular weight is 368 g/mol. The van der Waals surface area contributed by atoms with Gasteiger partial charge in [0.2, 0.25) is 0 Å². The van der Waals surface area contributed by atoms with Crippen molar-refractivity contribution in [2.75, 3.05) is 12.4 Å². The lowest BCUT2D eigenvalue weighted by molar-refractivity contribution is 0.631. The minimum Gasteiger partial charge on any atom is -0.377 e. The molecule has 3 aromatic rings. The lowest BCUT2D eigenvalue weighted by Crippen LogP contribution is -2.50. The minimum absolute atomic E-state index is 0.149. The number of hydrogen-bond donors (Lipinski definition) is 4. The van der Waals surface area contributed by atoms with Gasteiger partial charge in [-0.15, -0.1) is 0 Å². The van der Waals surface area contributed by atoms with Gasteiger partial charge in [0.1, 0.15) is 0 Å². The molecule has 2 aliphatic rings. The van der Waals surface area contributed by atoms with Crippen LogP contribution in [0.4, 0.5) is 5.69 Å². The fourth-order valence-corrected chi connectivity index (χ4v) is 4.36. The highest BCUT2D eigenvalue weighted by Crippen LogP contribution is 2.40. The van der Waals surface area contributed by atoms with E-state index in [1.807, 2.05) is 13.2 Å². The van der Waals surface area contributed by atoms with E-state index in [-0.39, 0.29) is 12.0 Å². The van der Waals surface area contributed by atoms with Crippen molar-refractivity contribution < 1.29 is 0 Å². The predicted molar refractivity (Wildman–Crippen MR) is 115 cm³/mol. The minimum atomic E-state index is 0.149. The van der Waals surface area contributed by atoms with Crippen molar-refractivity contribution in [1.29, 1.82) is 0 Å². The van der Waals surface area contributed by atoms with Gasteiger partial charge in [-0.3, -0.25) is 0 Å². The second-order valence-electron chi connectivity index (χ2n) is 7.38. The van der Waals surface area contributed by atoms with Crippen molar-refractivity contribution in [3.05, 3.63) is 99.9 Å². The molecule has 3 aromatic carbocycles. The maximum absolute atomic E-state index is 3.83. The van der Waals surface area contributed by atoms with Crippen LogP contribution in [-0.4, -0.2) is 7.05 Å². The first-order valence-electron chi connectivity index (χ1n) is 9.75. The van der Waals surface area contributed by atoms with Crippen LogP contribution in [0.1, 0.15) is 28.7 Å². The maximum atomic E-state index is 3.83. The standard InChI is InChI=1S/C24H24N4/c1-25-14-16-10-12-18(13-11-16)23-22(17-6-3-2-4-7-17)24-21-19(15-26-28-24)8-5-9-20(21)27-23/h2-13,15,22-23,25-28H,14H2,1H3. The Bertz CT molecular complexity index is 1100. The Morgan fingerprint density at radius 3 is 2.46 bits per heavy atom. The van der Waals surface area contributed by atoms with Gasteiger partial charge in [0.25, 0.3) is 0 Å². The molecule has 2 atom stereocenters. The molecule has 0 radical (unpaired) electrons. The van der Waals surface area contributed by atoms with Crippen LogP contribution < -0.4 is 31.9 Å². The fraction of sp³-hybridized carbons (Fsp3) is 0.167. The van der Waals surface area contributed by atoms with Gasteiger partial charge in [0.15, 0.2) is 0 Å². The van der Waals surface area contributed by atoms with Gasteiger partial charge in [-0.25, -0.2) is 0 Å². The molecule has 0 fully saturated rings. The molecule has 2 heterocycles. The molecule has 4 heteroatoms. The number of benzene rings is 3. The van der Waals surface area contributed by atoms with E-state index in [2.05, 4.69) is 94.3 Å². The third kappa shape index (κ3) is 2.83. The van der Waals surface area contributed by atoms with Crippen LogP contribution in [0.25, 0.3) is 11.9 Å². The van der Waals surface area contributed by atoms with Crippen LogP contribution >= 0.6 is 0 Å². The quantitative estimate of drug-likeness (QED) is 0.571. The second-order valence-corrected chi connectivity index (χ2v) is 7.38. The number of hydrazine groups is 1. The molecule has 0 bridgehead atoms. The number of anilines is 1. The Morgan fingerprint density at radius 1 is 0.857 bits per heavy atom. The zero-order chi connectivity index (χ0) is 18.9. The molecule has 4 nitrogen and oxygen atoms in total. The predicted octanol–water partition coefficient (Wildman–Crippen LogP) is 2.31. The Hall–Kier alpha value is -3.24. The smallest absolute Gasteiger partial charge is 0.0638 e. The van der Waals surface area contributed by atoms with Crippen LogP contribution in [0.3, 0.4) is 0 Å². The fourth-order valence-electron chi connectivity index (χ4n) is 4.36. The Labute approximate surface area is 165 Å². The third-order valence-corrected chi connectivity index (χ3v) is 5.63. The Morgan fingerprint density at radius 2 is 1.68 bits per heavy atom. The zero-order valence-electron chi connectivity index (χ0n) is 15.9. The summed E-state index contributed by atoms with van der Waals surface area (Å²) in [4.78, 5) is 0. The van der Waals surface area contributed by atoms with E-state index >= 15 is 0 Å². The van der Waals surface area contributed by atoms with E-state index in [1.54, 1.807) is 0 Å². The molecule has 0 spiro atoms. The molecule has 2 aliphatic heterocycles. The van der Waals surface area contributed by atoms with Crippen LogP contribution in [0, 0.1) is 0 Å². The van der Waals surface area contributed by atoms with Crippen LogP contribution in [0.2, 0.25) is 0 Å². The molecule has 5 rings (SSSR count). The summed E-state index contributed by atoms with van der Waals surface area (Å²) >= 11 is 0. The summed E-state index contributed by atoms with van der Waals surface area (Å²) in [5.41, 5.74) is 13.0. The van der Waals surface area contributed by atoms with E-state index < -0.39 is 0 Å². The van der Waals surface area contributed by atoms with Gasteiger partial charge in [0, 0.05) is 28.9 Å². The zero-order valence-corrected chi connectivity index (χ0v) is 15.9. The SMILES string of the molecule is CNCc1ccc(C2Nc3cccc4c3=C(NNC=4)C2c2ccccc2)cc1. The normalized spacial score (nSPS) is 19.5. The molecule has 28 heavy (non-hydrogen) atoms. The molecule has 0 saturated carbocycles. The highest BCUT2D eigenvalue weighted by molar-refractivity contribution is 5.69. The number of hydrogen-bond acceptors (Lipinski definition) is 4. The largest absolute Gasteiger partial charge is 0.377 e. The van der Waals surface area contributed by atoms with Crippen molar-refractivity contribution in [1.82, 2.24) is 16.2 Å². The van der Waals surface area contributed by atoms with Gasteiger partial charge in [0.05, 0.1) is 17.7 Å². The van der Waals surface area contributed by atoms with Crippen molar-refractivity contribution in [2.24, 2.45) is 0 Å². The maximum Gasteiger partial charge on any atom is 0.0638 e. The van der Waals surface area contributed by atoms with E-state index in [1.165, 1.54) is 38.5 Å². The summed E-state index contributed by atoms with van der Waals surface area (Å²) in [5, 5.41) is 9.52. The molecule has 140 valence electrons. The highest BCUT2D eigenvalue weighted by Gasteiger charge is 2.33. The second kappa shape index (κ2) is 7.06. The Balaban J connectivity index is 1.68. The van der Waals surface area contributed by atoms with Gasteiger partial charge < -0.3 is 21.5 Å². The monoisotopic (exact) mass is 368 g/mol. The lowest BCUT2D eigenvalue weighted by Gasteiger charge is -2.37. The summed E-state index contributed by atoms with van der Waals surface area (Å²) in [5.74, 6) is 0.186. The third-order valence-electron chi connectivity index (χ3n) is 5.63. The van der Waals surface area contributed by atoms with Crippen LogP contribution in [0.15, 0.2) is 72.8 Å². The van der Waals surface area contributed by atoms with Crippen molar-refractivity contribution in [3.63, 3.8) is 0 Å². The first kappa shape index (κ1) is 16.9. The highest BCUT2D eigenvalue weighted by atomic mass is 15.4. The summed E-state index contributed by atoms with van der Waals surface area (Å²) in [6.45, 7) is 0.880. The summed E-state index contributed by atoms with van der Waals surface area (Å²) in [6.07, 6.45) is 2.03. The number of rotatable bonds is 4. The van der Waals surface area contributed by atoms with Gasteiger partial charge in [-0.05, 0) is 29.8 Å². The first-order chi connectivity index (χ1) is 13.8. The molecule has 2 unspecified atom stereocenters. The van der Waals surface area contributed by atoms with E-state index in [0.29, 0.717) is 0 Å². The van der Waals surface area contributed by atoms with E-state index in [4.69, 9.17) is 0 Å². The average Bonchev–Trinajstić information content (AvgIpc) is 2.75. The molecular formula is C24H24N4. The summed E-state index contributed by atoms with van der Waals surface area (Å²) in [7, 11) is 1.98. The summed E-state index contributed by atoms with van der Waals surface area (Å²) < 4.78 is 0. The topological polar surface area (TPSA) is 48.1 Å². The van der Waals surface area contributed by atoms with Crippen molar-refractivity contribution in [2.45, 2.75) is 18.5 Å². The summed E-state index contributed by atoms with van der Waals surface area (Å²) in [6, 6.07) is 26.3. The molecule has 0 aromatic heterocycles. The van der Waals surface area contributed by atoms with Gasteiger partial charge in [-0.1, -0.05) is 66.7 Å². The first-order valence-corrected chi connectivity index (χ1v) is 9.75. The van der Waals surface area contributed by atoms with Gasteiger partial charge >= 0.3 is 0 Å². The number of nitrogens with one attached hydrogen (secondary N) is 4. The molecule has 0 aliphatic carbocycles. The molecule has 0 amide bonds. The van der Waals surface area contributed by atoms with Crippen LogP contribution in [0.5, 0.6) is 0 Å². The van der Waals surface area contributed by atoms with Gasteiger partial charge in [-0.2, -0.15) is 0 Å². The van der Waals surface area contributed by atoms with E-state index in [0.717, 1.165) is 6.54 Å². The molecular weight excluding hydrogens is 344 g/mol. The van der Waals surface area contributed by atoms with Crippen molar-refractivity contribution in [3.8, 4) is 0 Å². The molecule has 0 saturated heterocycles. The molecule has 4 N–H and O–H groups in total. The van der Waals surface area contributed by atoms with E-state index in [9.17, 15) is 0 Å². The van der Waals surface area contributed by atoms with Crippen molar-refractivity contribution >= 4 is 17.6 Å². The lowest BCUT2D eigenvalue weighted by atomic mass is 9.80.